The summed E-state index contributed by atoms with van der Waals surface area (Å²) in [5, 5.41) is 4.43. The van der Waals surface area contributed by atoms with Gasteiger partial charge in [0, 0.05) is 9.92 Å². The van der Waals surface area contributed by atoms with Crippen LogP contribution in [-0.2, 0) is 11.4 Å². The predicted octanol–water partition coefficient (Wildman–Crippen LogP) is 6.32. The van der Waals surface area contributed by atoms with Crippen LogP contribution in [0.3, 0.4) is 0 Å². The van der Waals surface area contributed by atoms with Crippen LogP contribution in [0.25, 0.3) is 0 Å². The van der Waals surface area contributed by atoms with Crippen molar-refractivity contribution in [1.82, 2.24) is 5.43 Å². The van der Waals surface area contributed by atoms with Crippen LogP contribution < -0.4 is 14.9 Å². The lowest BCUT2D eigenvalue weighted by molar-refractivity contribution is -0.120. The zero-order valence-corrected chi connectivity index (χ0v) is 20.7. The number of thioether (sulfide) groups is 1. The Hall–Kier alpha value is -2.48. The predicted molar refractivity (Wildman–Crippen MR) is 134 cm³/mol. The first-order valence-corrected chi connectivity index (χ1v) is 11.8. The van der Waals surface area contributed by atoms with E-state index in [1.165, 1.54) is 11.8 Å². The summed E-state index contributed by atoms with van der Waals surface area (Å²) in [5.74, 6) is 0.968. The molecule has 1 N–H and O–H groups in total. The molecule has 3 aromatic carbocycles. The second-order valence-electron chi connectivity index (χ2n) is 6.76. The molecule has 1 amide bonds. The first-order valence-electron chi connectivity index (χ1n) is 9.75. The number of halogens is 2. The summed E-state index contributed by atoms with van der Waals surface area (Å²) in [6, 6.07) is 20.9. The van der Waals surface area contributed by atoms with E-state index < -0.39 is 0 Å². The summed E-state index contributed by atoms with van der Waals surface area (Å²) in [5.41, 5.74) is 4.38. The van der Waals surface area contributed by atoms with Crippen molar-refractivity contribution in [3.05, 3.63) is 87.4 Å². The summed E-state index contributed by atoms with van der Waals surface area (Å²) in [6.45, 7) is 2.24. The summed E-state index contributed by atoms with van der Waals surface area (Å²) < 4.78 is 12.1. The van der Waals surface area contributed by atoms with E-state index in [2.05, 4.69) is 26.5 Å². The number of benzene rings is 3. The Morgan fingerprint density at radius 1 is 1.19 bits per heavy atom. The molecular formula is C24H22BrClN2O3S. The van der Waals surface area contributed by atoms with Gasteiger partial charge in [-0.15, -0.1) is 11.8 Å². The van der Waals surface area contributed by atoms with E-state index in [0.29, 0.717) is 23.1 Å². The number of carbonyl (C=O) groups is 1. The molecule has 0 fully saturated rings. The minimum atomic E-state index is -0.316. The molecule has 3 aromatic rings. The van der Waals surface area contributed by atoms with Crippen molar-refractivity contribution in [3.8, 4) is 11.5 Å². The van der Waals surface area contributed by atoms with Gasteiger partial charge >= 0.3 is 0 Å². The highest BCUT2D eigenvalue weighted by Crippen LogP contribution is 2.36. The van der Waals surface area contributed by atoms with E-state index in [4.69, 9.17) is 21.1 Å². The molecule has 3 rings (SSSR count). The highest BCUT2D eigenvalue weighted by Gasteiger charge is 2.14. The lowest BCUT2D eigenvalue weighted by Crippen LogP contribution is -2.26. The second kappa shape index (κ2) is 11.9. The molecule has 8 heteroatoms. The number of nitrogens with zero attached hydrogens (tertiary/aromatic N) is 1. The number of hydrogen-bond acceptors (Lipinski definition) is 5. The fraction of sp³-hybridized carbons (Fsp3) is 0.167. The average molecular weight is 534 g/mol. The third kappa shape index (κ3) is 7.02. The Morgan fingerprint density at radius 3 is 2.59 bits per heavy atom. The Labute approximate surface area is 205 Å². The summed E-state index contributed by atoms with van der Waals surface area (Å²) in [6.07, 6.45) is 1.56. The average Bonchev–Trinajstić information content (AvgIpc) is 2.80. The third-order valence-electron chi connectivity index (χ3n) is 4.36. The van der Waals surface area contributed by atoms with Crippen LogP contribution in [0.1, 0.15) is 18.1 Å². The number of hydrazone groups is 1. The van der Waals surface area contributed by atoms with Crippen LogP contribution in [0, 0.1) is 0 Å². The zero-order chi connectivity index (χ0) is 22.9. The molecule has 0 aliphatic carbocycles. The van der Waals surface area contributed by atoms with Gasteiger partial charge in [0.05, 0.1) is 23.0 Å². The first-order chi connectivity index (χ1) is 15.5. The molecule has 0 unspecified atom stereocenters. The van der Waals surface area contributed by atoms with E-state index in [-0.39, 0.29) is 11.2 Å². The Bertz CT molecular complexity index is 1080. The van der Waals surface area contributed by atoms with Gasteiger partial charge in [-0.3, -0.25) is 4.79 Å². The van der Waals surface area contributed by atoms with Crippen LogP contribution in [0.4, 0.5) is 0 Å². The highest BCUT2D eigenvalue weighted by atomic mass is 79.9. The monoisotopic (exact) mass is 532 g/mol. The van der Waals surface area contributed by atoms with Crippen LogP contribution in [0.15, 0.2) is 81.2 Å². The topological polar surface area (TPSA) is 59.9 Å². The van der Waals surface area contributed by atoms with Crippen molar-refractivity contribution in [2.75, 3.05) is 7.11 Å². The van der Waals surface area contributed by atoms with Crippen LogP contribution in [-0.4, -0.2) is 24.5 Å². The van der Waals surface area contributed by atoms with Gasteiger partial charge in [0.25, 0.3) is 5.91 Å². The highest BCUT2D eigenvalue weighted by molar-refractivity contribution is 9.10. The van der Waals surface area contributed by atoms with Gasteiger partial charge in [-0.2, -0.15) is 5.10 Å². The third-order valence-corrected chi connectivity index (χ3v) is 6.31. The Kier molecular flexibility index (Phi) is 9.02. The largest absolute Gasteiger partial charge is 0.493 e. The molecule has 0 bridgehead atoms. The summed E-state index contributed by atoms with van der Waals surface area (Å²) >= 11 is 10.9. The van der Waals surface area contributed by atoms with E-state index in [1.54, 1.807) is 31.5 Å². The number of amides is 1. The lowest BCUT2D eigenvalue weighted by atomic mass is 10.2. The van der Waals surface area contributed by atoms with Gasteiger partial charge in [-0.05, 0) is 70.4 Å². The van der Waals surface area contributed by atoms with Gasteiger partial charge in [0.1, 0.15) is 6.61 Å². The molecule has 0 spiro atoms. The van der Waals surface area contributed by atoms with Gasteiger partial charge in [-0.1, -0.05) is 41.9 Å². The number of ether oxygens (including phenoxy) is 2. The quantitative estimate of drug-likeness (QED) is 0.199. The molecule has 0 aromatic heterocycles. The van der Waals surface area contributed by atoms with Gasteiger partial charge in [0.2, 0.25) is 0 Å². The second-order valence-corrected chi connectivity index (χ2v) is 9.46. The Balaban J connectivity index is 1.60. The molecule has 0 saturated carbocycles. The van der Waals surface area contributed by atoms with Crippen molar-refractivity contribution in [2.24, 2.45) is 5.10 Å². The van der Waals surface area contributed by atoms with Crippen LogP contribution in [0.5, 0.6) is 11.5 Å². The molecule has 0 aliphatic rings. The fourth-order valence-electron chi connectivity index (χ4n) is 2.72. The first kappa shape index (κ1) is 24.2. The molecule has 32 heavy (non-hydrogen) atoms. The van der Waals surface area contributed by atoms with Crippen molar-refractivity contribution < 1.29 is 14.3 Å². The lowest BCUT2D eigenvalue weighted by Gasteiger charge is -2.13. The molecule has 5 nitrogen and oxygen atoms in total. The maximum Gasteiger partial charge on any atom is 0.253 e. The molecule has 0 aliphatic heterocycles. The van der Waals surface area contributed by atoms with Crippen molar-refractivity contribution in [1.29, 1.82) is 0 Å². The number of rotatable bonds is 9. The number of methoxy groups -OCH3 is 1. The van der Waals surface area contributed by atoms with Gasteiger partial charge < -0.3 is 9.47 Å². The minimum absolute atomic E-state index is 0.199. The molecule has 166 valence electrons. The molecule has 0 radical (unpaired) electrons. The maximum atomic E-state index is 12.3. The summed E-state index contributed by atoms with van der Waals surface area (Å²) in [4.78, 5) is 13.3. The number of nitrogens with one attached hydrogen (secondary N) is 1. The van der Waals surface area contributed by atoms with Gasteiger partial charge in [0.15, 0.2) is 11.5 Å². The van der Waals surface area contributed by atoms with Crippen LogP contribution in [0.2, 0.25) is 5.02 Å². The fourth-order valence-corrected chi connectivity index (χ4v) is 4.28. The molecule has 0 heterocycles. The van der Waals surface area contributed by atoms with Crippen molar-refractivity contribution in [3.63, 3.8) is 0 Å². The number of carbonyl (C=O) groups excluding carboxylic acids is 1. The normalized spacial score (nSPS) is 11.9. The van der Waals surface area contributed by atoms with E-state index >= 15 is 0 Å². The van der Waals surface area contributed by atoms with E-state index in [1.807, 2.05) is 55.5 Å². The standard InChI is InChI=1S/C24H22BrClN2O3S/c1-16(32-20-10-8-19(26)9-11-20)24(29)28-27-14-18-12-21(25)23(22(13-18)30-2)31-15-17-6-4-3-5-7-17/h3-14,16H,15H2,1-2H3,(H,28,29)/b27-14-/t16-/m1/s1. The SMILES string of the molecule is COc1cc(/C=N\NC(=O)[C@@H](C)Sc2ccc(Cl)cc2)cc(Br)c1OCc1ccccc1. The summed E-state index contributed by atoms with van der Waals surface area (Å²) in [7, 11) is 1.58. The maximum absolute atomic E-state index is 12.3. The van der Waals surface area contributed by atoms with E-state index in [0.717, 1.165) is 20.5 Å². The Morgan fingerprint density at radius 2 is 1.91 bits per heavy atom. The molecule has 1 atom stereocenters. The molecule has 0 saturated heterocycles. The minimum Gasteiger partial charge on any atom is -0.493 e. The van der Waals surface area contributed by atoms with E-state index in [9.17, 15) is 4.79 Å². The van der Waals surface area contributed by atoms with Gasteiger partial charge in [-0.25, -0.2) is 5.43 Å². The number of hydrogen-bond donors (Lipinski definition) is 1. The van der Waals surface area contributed by atoms with Crippen molar-refractivity contribution in [2.45, 2.75) is 23.7 Å². The zero-order valence-electron chi connectivity index (χ0n) is 17.5. The van der Waals surface area contributed by atoms with Crippen LogP contribution >= 0.6 is 39.3 Å². The molecular weight excluding hydrogens is 512 g/mol. The van der Waals surface area contributed by atoms with Crippen molar-refractivity contribution >= 4 is 51.4 Å². The smallest absolute Gasteiger partial charge is 0.253 e.